The summed E-state index contributed by atoms with van der Waals surface area (Å²) < 4.78 is 0.910. The number of aromatic nitrogens is 1. The molecule has 0 unspecified atom stereocenters. The van der Waals surface area contributed by atoms with Crippen LogP contribution >= 0.6 is 45.5 Å². The van der Waals surface area contributed by atoms with Crippen molar-refractivity contribution in [3.8, 4) is 0 Å². The minimum atomic E-state index is -0.0630. The van der Waals surface area contributed by atoms with Gasteiger partial charge in [-0.1, -0.05) is 11.6 Å². The third-order valence-electron chi connectivity index (χ3n) is 2.94. The maximum Gasteiger partial charge on any atom is 0.252 e. The quantitative estimate of drug-likeness (QED) is 0.539. The van der Waals surface area contributed by atoms with Crippen molar-refractivity contribution in [3.63, 3.8) is 0 Å². The summed E-state index contributed by atoms with van der Waals surface area (Å²) in [5, 5.41) is 6.76. The van der Waals surface area contributed by atoms with E-state index < -0.39 is 0 Å². The Bertz CT molecular complexity index is 630. The summed E-state index contributed by atoms with van der Waals surface area (Å²) in [5.41, 5.74) is 1.72. The molecule has 0 spiro atoms. The molecule has 0 fully saturated rings. The van der Waals surface area contributed by atoms with Crippen molar-refractivity contribution in [1.82, 2.24) is 10.3 Å². The van der Waals surface area contributed by atoms with Crippen LogP contribution in [-0.4, -0.2) is 17.4 Å². The second-order valence-electron chi connectivity index (χ2n) is 4.72. The zero-order chi connectivity index (χ0) is 15.2. The third kappa shape index (κ3) is 5.23. The number of rotatable bonds is 6. The number of carbonyl (C=O) groups excluding carboxylic acids is 1. The van der Waals surface area contributed by atoms with Crippen LogP contribution in [0, 0.1) is 10.5 Å². The fourth-order valence-corrected chi connectivity index (χ4v) is 3.46. The van der Waals surface area contributed by atoms with E-state index in [0.717, 1.165) is 28.5 Å². The number of carbonyl (C=O) groups is 1. The zero-order valence-electron chi connectivity index (χ0n) is 11.7. The van der Waals surface area contributed by atoms with Crippen molar-refractivity contribution in [3.05, 3.63) is 48.4 Å². The molecule has 112 valence electrons. The average molecular weight is 435 g/mol. The van der Waals surface area contributed by atoms with Gasteiger partial charge >= 0.3 is 0 Å². The van der Waals surface area contributed by atoms with E-state index in [1.165, 1.54) is 5.01 Å². The molecule has 1 amide bonds. The monoisotopic (exact) mass is 434 g/mol. The van der Waals surface area contributed by atoms with Crippen molar-refractivity contribution in [2.24, 2.45) is 0 Å². The maximum atomic E-state index is 12.1. The number of benzene rings is 1. The first-order chi connectivity index (χ1) is 10.1. The van der Waals surface area contributed by atoms with Gasteiger partial charge in [-0.3, -0.25) is 4.79 Å². The van der Waals surface area contributed by atoms with Gasteiger partial charge < -0.3 is 5.32 Å². The van der Waals surface area contributed by atoms with Gasteiger partial charge in [-0.05, 0) is 67.0 Å². The molecule has 6 heteroatoms. The molecule has 0 saturated carbocycles. The number of nitrogens with zero attached hydrogens (tertiary/aromatic N) is 1. The van der Waals surface area contributed by atoms with Crippen molar-refractivity contribution in [2.45, 2.75) is 26.2 Å². The van der Waals surface area contributed by atoms with Gasteiger partial charge in [0.2, 0.25) is 0 Å². The molecule has 0 bridgehead atoms. The van der Waals surface area contributed by atoms with Gasteiger partial charge in [0.1, 0.15) is 0 Å². The van der Waals surface area contributed by atoms with Crippen LogP contribution in [0.25, 0.3) is 0 Å². The Kier molecular flexibility index (Phi) is 6.44. The van der Waals surface area contributed by atoms with Crippen molar-refractivity contribution < 1.29 is 4.79 Å². The number of hydrogen-bond donors (Lipinski definition) is 1. The minimum absolute atomic E-state index is 0.0630. The lowest BCUT2D eigenvalue weighted by Crippen LogP contribution is -2.25. The van der Waals surface area contributed by atoms with Crippen LogP contribution in [-0.2, 0) is 6.42 Å². The second-order valence-corrected chi connectivity index (χ2v) is 7.26. The first kappa shape index (κ1) is 16.7. The number of nitrogens with one attached hydrogen (secondary N) is 1. The van der Waals surface area contributed by atoms with Gasteiger partial charge in [0.05, 0.1) is 10.6 Å². The van der Waals surface area contributed by atoms with Crippen molar-refractivity contribution in [2.75, 3.05) is 6.54 Å². The lowest BCUT2D eigenvalue weighted by molar-refractivity contribution is 0.0952. The highest BCUT2D eigenvalue weighted by Crippen LogP contribution is 2.18. The van der Waals surface area contributed by atoms with E-state index in [0.29, 0.717) is 17.1 Å². The number of halogens is 2. The van der Waals surface area contributed by atoms with Crippen molar-refractivity contribution >= 4 is 51.4 Å². The van der Waals surface area contributed by atoms with E-state index in [1.54, 1.807) is 23.5 Å². The van der Waals surface area contributed by atoms with Crippen LogP contribution in [0.4, 0.5) is 0 Å². The second kappa shape index (κ2) is 8.10. The normalized spacial score (nSPS) is 10.6. The van der Waals surface area contributed by atoms with Gasteiger partial charge in [-0.25, -0.2) is 4.98 Å². The largest absolute Gasteiger partial charge is 0.352 e. The van der Waals surface area contributed by atoms with Gasteiger partial charge in [0.15, 0.2) is 0 Å². The smallest absolute Gasteiger partial charge is 0.252 e. The lowest BCUT2D eigenvalue weighted by atomic mass is 10.2. The topological polar surface area (TPSA) is 42.0 Å². The highest BCUT2D eigenvalue weighted by molar-refractivity contribution is 14.1. The Hall–Kier alpha value is -0.660. The first-order valence-corrected chi connectivity index (χ1v) is 9.04. The molecule has 1 heterocycles. The van der Waals surface area contributed by atoms with Crippen LogP contribution in [0.5, 0.6) is 0 Å². The molecule has 0 aliphatic rings. The Morgan fingerprint density at radius 2 is 2.24 bits per heavy atom. The van der Waals surface area contributed by atoms with Gasteiger partial charge in [-0.15, -0.1) is 11.3 Å². The number of unbranched alkanes of at least 4 members (excludes halogenated alkanes) is 1. The summed E-state index contributed by atoms with van der Waals surface area (Å²) in [6, 6.07) is 5.34. The molecule has 0 aliphatic carbocycles. The maximum absolute atomic E-state index is 12.1. The highest BCUT2D eigenvalue weighted by atomic mass is 127. The van der Waals surface area contributed by atoms with Crippen LogP contribution in [0.15, 0.2) is 23.6 Å². The number of hydrogen-bond acceptors (Lipinski definition) is 3. The molecular formula is C15H16ClIN2OS. The molecule has 1 N–H and O–H groups in total. The molecule has 21 heavy (non-hydrogen) atoms. The number of aryl methyl sites for hydroxylation is 2. The van der Waals surface area contributed by atoms with E-state index in [2.05, 4.69) is 38.3 Å². The van der Waals surface area contributed by atoms with Gasteiger partial charge in [0, 0.05) is 26.2 Å². The van der Waals surface area contributed by atoms with E-state index in [1.807, 2.05) is 13.0 Å². The molecule has 0 saturated heterocycles. The highest BCUT2D eigenvalue weighted by Gasteiger charge is 2.09. The zero-order valence-corrected chi connectivity index (χ0v) is 15.4. The molecule has 1 aromatic carbocycles. The predicted octanol–water partition coefficient (Wildman–Crippen LogP) is 4.46. The average Bonchev–Trinajstić information content (AvgIpc) is 2.86. The first-order valence-electron chi connectivity index (χ1n) is 6.70. The summed E-state index contributed by atoms with van der Waals surface area (Å²) in [4.78, 5) is 16.5. The Labute approximate surface area is 147 Å². The Morgan fingerprint density at radius 1 is 1.43 bits per heavy atom. The third-order valence-corrected chi connectivity index (χ3v) is 5.14. The molecule has 3 nitrogen and oxygen atoms in total. The Balaban J connectivity index is 1.73. The van der Waals surface area contributed by atoms with E-state index in [9.17, 15) is 4.79 Å². The van der Waals surface area contributed by atoms with Gasteiger partial charge in [-0.2, -0.15) is 0 Å². The van der Waals surface area contributed by atoms with E-state index >= 15 is 0 Å². The SMILES string of the molecule is Cc1csc(CCCCNC(=O)c2cc(Cl)ccc2I)n1. The fourth-order valence-electron chi connectivity index (χ4n) is 1.89. The molecule has 0 radical (unpaired) electrons. The molecular weight excluding hydrogens is 419 g/mol. The molecule has 0 atom stereocenters. The molecule has 2 aromatic rings. The predicted molar refractivity (Wildman–Crippen MR) is 96.3 cm³/mol. The molecule has 1 aromatic heterocycles. The molecule has 2 rings (SSSR count). The summed E-state index contributed by atoms with van der Waals surface area (Å²) in [6.45, 7) is 2.68. The van der Waals surface area contributed by atoms with Crippen LogP contribution in [0.2, 0.25) is 5.02 Å². The van der Waals surface area contributed by atoms with Gasteiger partial charge in [0.25, 0.3) is 5.91 Å². The van der Waals surface area contributed by atoms with Crippen LogP contribution < -0.4 is 5.32 Å². The fraction of sp³-hybridized carbons (Fsp3) is 0.333. The lowest BCUT2D eigenvalue weighted by Gasteiger charge is -2.07. The Morgan fingerprint density at radius 3 is 2.95 bits per heavy atom. The minimum Gasteiger partial charge on any atom is -0.352 e. The summed E-state index contributed by atoms with van der Waals surface area (Å²) in [7, 11) is 0. The van der Waals surface area contributed by atoms with E-state index in [-0.39, 0.29) is 5.91 Å². The number of amides is 1. The number of thiazole rings is 1. The van der Waals surface area contributed by atoms with Crippen LogP contribution in [0.1, 0.15) is 33.9 Å². The summed E-state index contributed by atoms with van der Waals surface area (Å²) in [6.07, 6.45) is 2.95. The molecule has 0 aliphatic heterocycles. The van der Waals surface area contributed by atoms with Crippen LogP contribution in [0.3, 0.4) is 0 Å². The summed E-state index contributed by atoms with van der Waals surface area (Å²) >= 11 is 9.77. The standard InChI is InChI=1S/C15H16ClIN2OS/c1-10-9-21-14(19-10)4-2-3-7-18-15(20)12-8-11(16)5-6-13(12)17/h5-6,8-9H,2-4,7H2,1H3,(H,18,20). The van der Waals surface area contributed by atoms with Crippen molar-refractivity contribution in [1.29, 1.82) is 0 Å². The summed E-state index contributed by atoms with van der Waals surface area (Å²) in [5.74, 6) is -0.0630. The van der Waals surface area contributed by atoms with E-state index in [4.69, 9.17) is 11.6 Å².